The van der Waals surface area contributed by atoms with Crippen LogP contribution in [-0.4, -0.2) is 64.7 Å². The molecule has 0 aliphatic carbocycles. The highest BCUT2D eigenvalue weighted by Crippen LogP contribution is 2.18. The second-order valence-electron chi connectivity index (χ2n) is 6.85. The van der Waals surface area contributed by atoms with Crippen LogP contribution in [-0.2, 0) is 14.8 Å². The predicted octanol–water partition coefficient (Wildman–Crippen LogP) is 0.497. The summed E-state index contributed by atoms with van der Waals surface area (Å²) in [6.07, 6.45) is 1.56. The first kappa shape index (κ1) is 22.4. The number of ether oxygens (including phenoxy) is 1. The SMILES string of the molecule is COc1ccc(C=NNC(=O)C[NH+]2CCN(S(=O)(=O)c3ccc(Br)cc3)CC2)cc1. The highest BCUT2D eigenvalue weighted by atomic mass is 79.9. The Hall–Kier alpha value is -2.27. The summed E-state index contributed by atoms with van der Waals surface area (Å²) in [4.78, 5) is 13.4. The largest absolute Gasteiger partial charge is 0.497 e. The van der Waals surface area contributed by atoms with Gasteiger partial charge in [-0.05, 0) is 54.1 Å². The molecule has 10 heteroatoms. The van der Waals surface area contributed by atoms with E-state index in [4.69, 9.17) is 4.74 Å². The van der Waals surface area contributed by atoms with E-state index in [-0.39, 0.29) is 17.3 Å². The summed E-state index contributed by atoms with van der Waals surface area (Å²) in [5.74, 6) is 0.542. The van der Waals surface area contributed by atoms with Gasteiger partial charge in [-0.1, -0.05) is 15.9 Å². The normalized spacial score (nSPS) is 15.9. The smallest absolute Gasteiger partial charge is 0.295 e. The number of benzene rings is 2. The third kappa shape index (κ3) is 5.88. The van der Waals surface area contributed by atoms with Crippen molar-refractivity contribution in [2.75, 3.05) is 39.8 Å². The van der Waals surface area contributed by atoms with E-state index in [9.17, 15) is 13.2 Å². The molecule has 0 bridgehead atoms. The van der Waals surface area contributed by atoms with Crippen molar-refractivity contribution in [3.63, 3.8) is 0 Å². The molecule has 1 saturated heterocycles. The number of sulfonamides is 1. The molecule has 0 atom stereocenters. The fourth-order valence-electron chi connectivity index (χ4n) is 3.11. The molecule has 2 N–H and O–H groups in total. The van der Waals surface area contributed by atoms with Gasteiger partial charge in [0.25, 0.3) is 5.91 Å². The fraction of sp³-hybridized carbons (Fsp3) is 0.300. The lowest BCUT2D eigenvalue weighted by molar-refractivity contribution is -0.895. The van der Waals surface area contributed by atoms with Crippen LogP contribution in [0.4, 0.5) is 0 Å². The van der Waals surface area contributed by atoms with Crippen molar-refractivity contribution in [3.05, 3.63) is 58.6 Å². The first-order valence-electron chi connectivity index (χ1n) is 9.44. The summed E-state index contributed by atoms with van der Waals surface area (Å²) in [5, 5.41) is 3.97. The molecule has 1 aliphatic heterocycles. The number of carbonyl (C=O) groups excluding carboxylic acids is 1. The predicted molar refractivity (Wildman–Crippen MR) is 117 cm³/mol. The van der Waals surface area contributed by atoms with Gasteiger partial charge < -0.3 is 9.64 Å². The van der Waals surface area contributed by atoms with E-state index >= 15 is 0 Å². The van der Waals surface area contributed by atoms with E-state index < -0.39 is 10.0 Å². The highest BCUT2D eigenvalue weighted by molar-refractivity contribution is 9.10. The summed E-state index contributed by atoms with van der Waals surface area (Å²) in [5.41, 5.74) is 3.36. The first-order valence-corrected chi connectivity index (χ1v) is 11.7. The summed E-state index contributed by atoms with van der Waals surface area (Å²) in [6, 6.07) is 13.9. The molecule has 0 radical (unpaired) electrons. The molecule has 0 spiro atoms. The minimum atomic E-state index is -3.51. The Morgan fingerprint density at radius 2 is 1.80 bits per heavy atom. The highest BCUT2D eigenvalue weighted by Gasteiger charge is 2.31. The third-order valence-corrected chi connectivity index (χ3v) is 7.25. The summed E-state index contributed by atoms with van der Waals surface area (Å²) < 4.78 is 32.9. The van der Waals surface area contributed by atoms with Crippen LogP contribution < -0.4 is 15.1 Å². The summed E-state index contributed by atoms with van der Waals surface area (Å²) >= 11 is 3.31. The topological polar surface area (TPSA) is 92.5 Å². The van der Waals surface area contributed by atoms with Crippen molar-refractivity contribution in [1.82, 2.24) is 9.73 Å². The van der Waals surface area contributed by atoms with Gasteiger partial charge in [0, 0.05) is 4.47 Å². The van der Waals surface area contributed by atoms with Crippen molar-refractivity contribution >= 4 is 38.1 Å². The Labute approximate surface area is 184 Å². The first-order chi connectivity index (χ1) is 14.4. The molecule has 3 rings (SSSR count). The number of hydrazone groups is 1. The number of hydrogen-bond acceptors (Lipinski definition) is 5. The molecule has 160 valence electrons. The Balaban J connectivity index is 1.46. The van der Waals surface area contributed by atoms with E-state index in [0.29, 0.717) is 26.2 Å². The lowest BCUT2D eigenvalue weighted by Gasteiger charge is -2.31. The number of quaternary nitrogens is 1. The van der Waals surface area contributed by atoms with Crippen LogP contribution in [0, 0.1) is 0 Å². The van der Waals surface area contributed by atoms with Crippen LogP contribution in [0.2, 0.25) is 0 Å². The van der Waals surface area contributed by atoms with Gasteiger partial charge >= 0.3 is 0 Å². The maximum Gasteiger partial charge on any atom is 0.295 e. The van der Waals surface area contributed by atoms with Gasteiger partial charge in [-0.2, -0.15) is 9.41 Å². The zero-order valence-corrected chi connectivity index (χ0v) is 18.9. The van der Waals surface area contributed by atoms with Crippen LogP contribution in [0.15, 0.2) is 63.0 Å². The van der Waals surface area contributed by atoms with E-state index in [1.165, 1.54) is 4.31 Å². The number of rotatable bonds is 7. The van der Waals surface area contributed by atoms with Crippen LogP contribution in [0.3, 0.4) is 0 Å². The molecule has 1 amide bonds. The van der Waals surface area contributed by atoms with Crippen molar-refractivity contribution < 1.29 is 22.8 Å². The van der Waals surface area contributed by atoms with E-state index in [1.807, 2.05) is 24.3 Å². The number of piperazine rings is 1. The molecule has 0 aromatic heterocycles. The zero-order chi connectivity index (χ0) is 21.6. The molecule has 30 heavy (non-hydrogen) atoms. The van der Waals surface area contributed by atoms with Crippen LogP contribution in [0.1, 0.15) is 5.56 Å². The van der Waals surface area contributed by atoms with E-state index in [0.717, 1.165) is 20.7 Å². The van der Waals surface area contributed by atoms with Crippen LogP contribution >= 0.6 is 15.9 Å². The van der Waals surface area contributed by atoms with Crippen LogP contribution in [0.5, 0.6) is 5.75 Å². The van der Waals surface area contributed by atoms with Gasteiger partial charge in [0.2, 0.25) is 10.0 Å². The number of nitrogens with one attached hydrogen (secondary N) is 2. The number of hydrogen-bond donors (Lipinski definition) is 2. The minimum Gasteiger partial charge on any atom is -0.497 e. The van der Waals surface area contributed by atoms with Gasteiger partial charge in [0.1, 0.15) is 5.75 Å². The second-order valence-corrected chi connectivity index (χ2v) is 9.70. The molecule has 1 heterocycles. The Morgan fingerprint density at radius 1 is 1.17 bits per heavy atom. The minimum absolute atomic E-state index is 0.209. The Kier molecular flexibility index (Phi) is 7.59. The number of methoxy groups -OCH3 is 1. The number of carbonyl (C=O) groups is 1. The zero-order valence-electron chi connectivity index (χ0n) is 16.5. The van der Waals surface area contributed by atoms with Crippen LogP contribution in [0.25, 0.3) is 0 Å². The quantitative estimate of drug-likeness (QED) is 0.432. The molecule has 1 aliphatic rings. The van der Waals surface area contributed by atoms with Gasteiger partial charge in [-0.25, -0.2) is 13.8 Å². The number of halogens is 1. The van der Waals surface area contributed by atoms with Gasteiger partial charge in [-0.15, -0.1) is 0 Å². The molecule has 2 aromatic carbocycles. The average molecular weight is 496 g/mol. The third-order valence-electron chi connectivity index (χ3n) is 4.81. The molecule has 1 fully saturated rings. The molecule has 0 saturated carbocycles. The van der Waals surface area contributed by atoms with Crippen molar-refractivity contribution in [2.45, 2.75) is 4.90 Å². The van der Waals surface area contributed by atoms with E-state index in [1.54, 1.807) is 37.6 Å². The Morgan fingerprint density at radius 3 is 2.40 bits per heavy atom. The van der Waals surface area contributed by atoms with Crippen molar-refractivity contribution in [2.24, 2.45) is 5.10 Å². The maximum absolute atomic E-state index is 12.7. The second kappa shape index (κ2) is 10.2. The van der Waals surface area contributed by atoms with E-state index in [2.05, 4.69) is 26.5 Å². The van der Waals surface area contributed by atoms with Crippen molar-refractivity contribution in [1.29, 1.82) is 0 Å². The monoisotopic (exact) mass is 495 g/mol. The molecule has 8 nitrogen and oxygen atoms in total. The van der Waals surface area contributed by atoms with Crippen molar-refractivity contribution in [3.8, 4) is 5.75 Å². The lowest BCUT2D eigenvalue weighted by Crippen LogP contribution is -3.15. The molecule has 0 unspecified atom stereocenters. The number of nitrogens with zero attached hydrogens (tertiary/aromatic N) is 2. The average Bonchev–Trinajstić information content (AvgIpc) is 2.75. The molecular weight excluding hydrogens is 472 g/mol. The number of amides is 1. The summed E-state index contributed by atoms with van der Waals surface area (Å²) in [7, 11) is -1.92. The van der Waals surface area contributed by atoms with Gasteiger partial charge in [0.05, 0.1) is 44.4 Å². The molecular formula is C20H24BrN4O4S+. The lowest BCUT2D eigenvalue weighted by atomic mass is 10.2. The van der Waals surface area contributed by atoms with Gasteiger partial charge in [-0.3, -0.25) is 4.79 Å². The fourth-order valence-corrected chi connectivity index (χ4v) is 4.82. The maximum atomic E-state index is 12.7. The standard InChI is InChI=1S/C20H23BrN4O4S/c1-29-18-6-2-16(3-7-18)14-22-23-20(26)15-24-10-12-25(13-11-24)30(27,28)19-8-4-17(21)5-9-19/h2-9,14H,10-13,15H2,1H3,(H,23,26)/p+1. The Bertz CT molecular complexity index is 986. The summed E-state index contributed by atoms with van der Waals surface area (Å²) in [6.45, 7) is 2.11. The van der Waals surface area contributed by atoms with Gasteiger partial charge in [0.15, 0.2) is 6.54 Å². The molecule has 2 aromatic rings.